The lowest BCUT2D eigenvalue weighted by atomic mass is 9.87. The Balaban J connectivity index is 0.945. The minimum absolute atomic E-state index is 0.0358. The van der Waals surface area contributed by atoms with Gasteiger partial charge in [-0.25, -0.2) is 28.6 Å². The van der Waals surface area contributed by atoms with Gasteiger partial charge in [-0.2, -0.15) is 4.31 Å². The van der Waals surface area contributed by atoms with Crippen LogP contribution >= 0.6 is 35.2 Å². The van der Waals surface area contributed by atoms with Crippen LogP contribution in [-0.2, 0) is 58.7 Å². The van der Waals surface area contributed by atoms with Crippen LogP contribution in [0.15, 0.2) is 47.9 Å². The van der Waals surface area contributed by atoms with Crippen molar-refractivity contribution in [3.63, 3.8) is 0 Å². The quantitative estimate of drug-likeness (QED) is 0.0257. The number of nitrogen functional groups attached to an aromatic ring is 1. The van der Waals surface area contributed by atoms with Crippen LogP contribution in [0.2, 0.25) is 0 Å². The standard InChI is InChI=1S/C39H54N7O16P3S/c1-5-6-10-24-22(2)16-26-25-11-8-7-9-23(25)17-27(26)33(24)66-15-14-41-29(47)12-13-42-37(50)34(49)39(3,4)19-59-65(56,57)62-64(54,55)58-18-28-32(61-63(51,52)53)31(48)38(60-28)46-21-45-30-35(40)43-20-44-36(30)46/h7-9,11,16,20-21,28,31-32,34,38,48-49H,5-6,10,12-15,17-19H2,1-4H3,(H,41,47)(H,42,50)(H,54,55)(H,56,57)(H2,40,43,44)(H2,51,52,53)/t28-,31-,32-,34+,38-/m1/s1. The molecule has 23 nitrogen and oxygen atoms in total. The number of fused-ring (bicyclic) bond motifs is 4. The largest absolute Gasteiger partial charge is 0.481 e. The Hall–Kier alpha value is -3.67. The third-order valence-electron chi connectivity index (χ3n) is 10.9. The van der Waals surface area contributed by atoms with Gasteiger partial charge in [0.05, 0.1) is 19.5 Å². The maximum Gasteiger partial charge on any atom is 0.481 e. The van der Waals surface area contributed by atoms with Gasteiger partial charge in [0.1, 0.15) is 36.3 Å². The monoisotopic (exact) mass is 1000 g/mol. The van der Waals surface area contributed by atoms with Crippen LogP contribution < -0.4 is 16.4 Å². The average Bonchev–Trinajstić information content (AvgIpc) is 3.93. The van der Waals surface area contributed by atoms with Crippen molar-refractivity contribution >= 4 is 64.0 Å². The van der Waals surface area contributed by atoms with Crippen molar-refractivity contribution in [2.75, 3.05) is 37.8 Å². The number of carbonyl (C=O) groups is 2. The summed E-state index contributed by atoms with van der Waals surface area (Å²) in [5.74, 6) is -0.678. The third-order valence-corrected chi connectivity index (χ3v) is 15.2. The highest BCUT2D eigenvalue weighted by molar-refractivity contribution is 7.99. The van der Waals surface area contributed by atoms with Gasteiger partial charge >= 0.3 is 23.5 Å². The summed E-state index contributed by atoms with van der Waals surface area (Å²) in [6, 6.07) is 10.7. The number of aliphatic hydroxyl groups is 2. The predicted octanol–water partition coefficient (Wildman–Crippen LogP) is 3.42. The van der Waals surface area contributed by atoms with E-state index < -0.39 is 78.6 Å². The zero-order chi connectivity index (χ0) is 48.2. The molecule has 2 amide bonds. The molecule has 2 unspecified atom stereocenters. The van der Waals surface area contributed by atoms with Crippen LogP contribution in [0.5, 0.6) is 0 Å². The number of anilines is 1. The number of unbranched alkanes of at least 4 members (excludes halogenated alkanes) is 1. The second kappa shape index (κ2) is 21.3. The lowest BCUT2D eigenvalue weighted by Crippen LogP contribution is -2.46. The Kier molecular flexibility index (Phi) is 16.7. The first-order valence-electron chi connectivity index (χ1n) is 20.8. The van der Waals surface area contributed by atoms with Gasteiger partial charge in [-0.1, -0.05) is 57.5 Å². The highest BCUT2D eigenvalue weighted by Gasteiger charge is 2.50. The van der Waals surface area contributed by atoms with E-state index in [-0.39, 0.29) is 35.9 Å². The fourth-order valence-electron chi connectivity index (χ4n) is 7.54. The molecule has 2 aromatic heterocycles. The fraction of sp³-hybridized carbons (Fsp3) is 0.513. The summed E-state index contributed by atoms with van der Waals surface area (Å²) in [7, 11) is -16.4. The minimum atomic E-state index is -5.57. The molecule has 362 valence electrons. The van der Waals surface area contributed by atoms with Crippen molar-refractivity contribution in [3.8, 4) is 11.1 Å². The molecule has 0 spiro atoms. The summed E-state index contributed by atoms with van der Waals surface area (Å²) in [6.07, 6.45) is -2.82. The second-order valence-corrected chi connectivity index (χ2v) is 21.7. The molecule has 1 fully saturated rings. The van der Waals surface area contributed by atoms with Gasteiger partial charge in [0.2, 0.25) is 11.8 Å². The molecule has 4 aromatic rings. The molecule has 66 heavy (non-hydrogen) atoms. The summed E-state index contributed by atoms with van der Waals surface area (Å²) in [4.78, 5) is 78.2. The SMILES string of the molecule is CCCCc1c(C)cc2c(c1SCCNC(=O)CCNC(=O)[C@H](O)C(C)(C)COP(=O)(O)OP(=O)(O)OC[C@H]1O[C@@H](n3cnc4c(N)ncnc43)[C@H](O)[C@@H]1OP(=O)(O)O)Cc1ccccc1-2. The molecule has 7 atom stereocenters. The second-order valence-electron chi connectivity index (χ2n) is 16.4. The smallest absolute Gasteiger partial charge is 0.386 e. The molecule has 27 heteroatoms. The Labute approximate surface area is 383 Å². The molecule has 10 N–H and O–H groups in total. The molecule has 1 aliphatic carbocycles. The molecule has 0 radical (unpaired) electrons. The fourth-order valence-corrected chi connectivity index (χ4v) is 11.6. The van der Waals surface area contributed by atoms with Gasteiger partial charge in [0.25, 0.3) is 0 Å². The molecular formula is C39H54N7O16P3S. The summed E-state index contributed by atoms with van der Waals surface area (Å²) < 4.78 is 62.8. The van der Waals surface area contributed by atoms with Crippen LogP contribution in [0.3, 0.4) is 0 Å². The molecular weight excluding hydrogens is 947 g/mol. The van der Waals surface area contributed by atoms with Gasteiger partial charge in [0, 0.05) is 35.6 Å². The minimum Gasteiger partial charge on any atom is -0.386 e. The van der Waals surface area contributed by atoms with Crippen LogP contribution in [0.1, 0.15) is 68.5 Å². The summed E-state index contributed by atoms with van der Waals surface area (Å²) >= 11 is 1.72. The Morgan fingerprint density at radius 2 is 1.77 bits per heavy atom. The maximum absolute atomic E-state index is 12.9. The molecule has 0 saturated carbocycles. The number of nitrogens with two attached hydrogens (primary N) is 1. The first-order chi connectivity index (χ1) is 31.0. The number of imidazole rings is 1. The first kappa shape index (κ1) is 51.7. The number of nitrogens with zero attached hydrogens (tertiary/aromatic N) is 4. The summed E-state index contributed by atoms with van der Waals surface area (Å²) in [5.41, 5.74) is 12.0. The van der Waals surface area contributed by atoms with E-state index in [9.17, 15) is 53.1 Å². The maximum atomic E-state index is 12.9. The number of phosphoric ester groups is 3. The van der Waals surface area contributed by atoms with Crippen molar-refractivity contribution in [2.45, 2.75) is 95.3 Å². The number of carbonyl (C=O) groups excluding carboxylic acids is 2. The third kappa shape index (κ3) is 12.7. The number of thioether (sulfide) groups is 1. The van der Waals surface area contributed by atoms with Gasteiger partial charge in [0.15, 0.2) is 17.7 Å². The number of hydrogen-bond acceptors (Lipinski definition) is 17. The highest BCUT2D eigenvalue weighted by Crippen LogP contribution is 2.61. The van der Waals surface area contributed by atoms with E-state index in [0.29, 0.717) is 12.3 Å². The highest BCUT2D eigenvalue weighted by atomic mass is 32.2. The average molecular weight is 1000 g/mol. The molecule has 2 aliphatic rings. The zero-order valence-corrected chi connectivity index (χ0v) is 39.9. The van der Waals surface area contributed by atoms with E-state index in [2.05, 4.69) is 78.6 Å². The van der Waals surface area contributed by atoms with Crippen molar-refractivity contribution in [1.82, 2.24) is 30.2 Å². The number of benzene rings is 2. The lowest BCUT2D eigenvalue weighted by molar-refractivity contribution is -0.137. The molecule has 1 aliphatic heterocycles. The number of ether oxygens (including phenoxy) is 1. The van der Waals surface area contributed by atoms with Gasteiger partial charge in [-0.15, -0.1) is 11.8 Å². The van der Waals surface area contributed by atoms with E-state index in [1.807, 2.05) is 0 Å². The van der Waals surface area contributed by atoms with E-state index >= 15 is 0 Å². The molecule has 1 saturated heterocycles. The Morgan fingerprint density at radius 1 is 1.05 bits per heavy atom. The number of hydrogen-bond donors (Lipinski definition) is 9. The molecule has 2 aromatic carbocycles. The molecule has 0 bridgehead atoms. The van der Waals surface area contributed by atoms with E-state index in [1.54, 1.807) is 11.8 Å². The van der Waals surface area contributed by atoms with Crippen LogP contribution in [0.25, 0.3) is 22.3 Å². The van der Waals surface area contributed by atoms with Crippen molar-refractivity contribution in [1.29, 1.82) is 0 Å². The number of phosphoric acid groups is 3. The first-order valence-corrected chi connectivity index (χ1v) is 26.3. The van der Waals surface area contributed by atoms with Gasteiger partial charge in [-0.3, -0.25) is 27.7 Å². The van der Waals surface area contributed by atoms with E-state index in [0.717, 1.165) is 42.9 Å². The number of aliphatic hydroxyl groups excluding tert-OH is 2. The lowest BCUT2D eigenvalue weighted by Gasteiger charge is -2.30. The number of rotatable bonds is 23. The van der Waals surface area contributed by atoms with Crippen LogP contribution in [0, 0.1) is 12.3 Å². The Morgan fingerprint density at radius 3 is 2.50 bits per heavy atom. The van der Waals surface area contributed by atoms with Crippen molar-refractivity contribution in [3.05, 3.63) is 65.2 Å². The predicted molar refractivity (Wildman–Crippen MR) is 238 cm³/mol. The van der Waals surface area contributed by atoms with Gasteiger partial charge < -0.3 is 50.9 Å². The topological polar surface area (TPSA) is 347 Å². The normalized spacial score (nSPS) is 20.6. The summed E-state index contributed by atoms with van der Waals surface area (Å²) in [5, 5.41) is 27.0. The Bertz CT molecular complexity index is 2560. The van der Waals surface area contributed by atoms with Crippen molar-refractivity contribution in [2.24, 2.45) is 5.41 Å². The molecule has 6 rings (SSSR count). The van der Waals surface area contributed by atoms with Crippen molar-refractivity contribution < 1.29 is 75.7 Å². The number of aromatic nitrogens is 4. The van der Waals surface area contributed by atoms with E-state index in [4.69, 9.17) is 19.5 Å². The summed E-state index contributed by atoms with van der Waals surface area (Å²) in [6.45, 7) is 5.13. The molecule has 3 heterocycles. The van der Waals surface area contributed by atoms with Gasteiger partial charge in [-0.05, 0) is 59.6 Å². The number of amides is 2. The zero-order valence-electron chi connectivity index (χ0n) is 36.4. The van der Waals surface area contributed by atoms with Crippen LogP contribution in [-0.4, -0.2) is 118 Å². The number of nitrogens with one attached hydrogen (secondary N) is 2. The van der Waals surface area contributed by atoms with E-state index in [1.165, 1.54) is 52.1 Å². The van der Waals surface area contributed by atoms with Crippen LogP contribution in [0.4, 0.5) is 5.82 Å². The number of aryl methyl sites for hydroxylation is 1.